The van der Waals surface area contributed by atoms with Crippen molar-refractivity contribution in [3.8, 4) is 0 Å². The van der Waals surface area contributed by atoms with Crippen LogP contribution >= 0.6 is 0 Å². The molecule has 0 amide bonds. The van der Waals surface area contributed by atoms with Crippen molar-refractivity contribution in [2.24, 2.45) is 11.8 Å². The summed E-state index contributed by atoms with van der Waals surface area (Å²) in [7, 11) is 0. The molecule has 72 valence electrons. The number of carboxylic acids is 1. The molecular weight excluding hydrogens is 172 g/mol. The van der Waals surface area contributed by atoms with Crippen LogP contribution in [0.25, 0.3) is 0 Å². The lowest BCUT2D eigenvalue weighted by Gasteiger charge is -2.12. The second-order valence-corrected chi connectivity index (χ2v) is 3.83. The Balaban J connectivity index is 2.00. The van der Waals surface area contributed by atoms with Gasteiger partial charge in [-0.1, -0.05) is 0 Å². The van der Waals surface area contributed by atoms with Gasteiger partial charge in [0.1, 0.15) is 6.10 Å². The summed E-state index contributed by atoms with van der Waals surface area (Å²) in [6.07, 6.45) is 2.33. The van der Waals surface area contributed by atoms with Gasteiger partial charge in [0.2, 0.25) is 0 Å². The molecule has 2 aliphatic rings. The summed E-state index contributed by atoms with van der Waals surface area (Å²) in [5.74, 6) is -0.618. The monoisotopic (exact) mass is 184 g/mol. The highest BCUT2D eigenvalue weighted by Crippen LogP contribution is 2.42. The number of esters is 1. The van der Waals surface area contributed by atoms with Crippen LogP contribution in [0.3, 0.4) is 0 Å². The molecule has 0 unspecified atom stereocenters. The lowest BCUT2D eigenvalue weighted by Crippen LogP contribution is -2.16. The molecule has 0 bridgehead atoms. The standard InChI is InChI=1S/C9H12O4/c10-8(11)3-5-1-2-7-6(5)4-9(12)13-7/h5-7H,1-4H2,(H,10,11)/t5-,6-,7+/m1/s1. The van der Waals surface area contributed by atoms with Gasteiger partial charge in [0.15, 0.2) is 0 Å². The Morgan fingerprint density at radius 3 is 3.00 bits per heavy atom. The largest absolute Gasteiger partial charge is 0.481 e. The van der Waals surface area contributed by atoms with E-state index in [9.17, 15) is 9.59 Å². The number of fused-ring (bicyclic) bond motifs is 1. The number of aliphatic carboxylic acids is 1. The van der Waals surface area contributed by atoms with E-state index in [1.165, 1.54) is 0 Å². The van der Waals surface area contributed by atoms with Gasteiger partial charge in [0, 0.05) is 12.3 Å². The maximum absolute atomic E-state index is 10.9. The Bertz CT molecular complexity index is 248. The van der Waals surface area contributed by atoms with Crippen molar-refractivity contribution in [2.75, 3.05) is 0 Å². The molecule has 2 fully saturated rings. The van der Waals surface area contributed by atoms with Crippen LogP contribution in [-0.4, -0.2) is 23.1 Å². The average molecular weight is 184 g/mol. The van der Waals surface area contributed by atoms with Gasteiger partial charge in [0.25, 0.3) is 0 Å². The Kier molecular flexibility index (Phi) is 1.98. The van der Waals surface area contributed by atoms with Crippen LogP contribution in [0.15, 0.2) is 0 Å². The maximum atomic E-state index is 10.9. The van der Waals surface area contributed by atoms with E-state index < -0.39 is 5.97 Å². The number of ether oxygens (including phenoxy) is 1. The third kappa shape index (κ3) is 1.53. The Labute approximate surface area is 75.9 Å². The highest BCUT2D eigenvalue weighted by atomic mass is 16.6. The highest BCUT2D eigenvalue weighted by Gasteiger charge is 2.45. The van der Waals surface area contributed by atoms with Crippen molar-refractivity contribution in [2.45, 2.75) is 31.8 Å². The molecule has 1 heterocycles. The van der Waals surface area contributed by atoms with Crippen molar-refractivity contribution < 1.29 is 19.4 Å². The first-order valence-electron chi connectivity index (χ1n) is 4.58. The number of carbonyl (C=O) groups is 2. The molecule has 4 nitrogen and oxygen atoms in total. The summed E-state index contributed by atoms with van der Waals surface area (Å²) in [5.41, 5.74) is 0. The van der Waals surface area contributed by atoms with Crippen molar-refractivity contribution in [1.29, 1.82) is 0 Å². The molecule has 1 N–H and O–H groups in total. The lowest BCUT2D eigenvalue weighted by molar-refractivity contribution is -0.141. The molecule has 3 atom stereocenters. The molecular formula is C9H12O4. The Hall–Kier alpha value is -1.06. The van der Waals surface area contributed by atoms with Crippen molar-refractivity contribution in [3.63, 3.8) is 0 Å². The number of hydrogen-bond acceptors (Lipinski definition) is 3. The highest BCUT2D eigenvalue weighted by molar-refractivity contribution is 5.73. The summed E-state index contributed by atoms with van der Waals surface area (Å²) in [6, 6.07) is 0. The summed E-state index contributed by atoms with van der Waals surface area (Å²) < 4.78 is 5.07. The van der Waals surface area contributed by atoms with Crippen molar-refractivity contribution >= 4 is 11.9 Å². The number of carboxylic acid groups (broad SMARTS) is 1. The van der Waals surface area contributed by atoms with Crippen LogP contribution in [0.1, 0.15) is 25.7 Å². The van der Waals surface area contributed by atoms with Gasteiger partial charge < -0.3 is 9.84 Å². The fourth-order valence-electron chi connectivity index (χ4n) is 2.44. The zero-order valence-electron chi connectivity index (χ0n) is 7.23. The zero-order chi connectivity index (χ0) is 9.42. The van der Waals surface area contributed by atoms with Gasteiger partial charge in [0.05, 0.1) is 6.42 Å². The molecule has 0 spiro atoms. The molecule has 0 aromatic heterocycles. The van der Waals surface area contributed by atoms with E-state index >= 15 is 0 Å². The summed E-state index contributed by atoms with van der Waals surface area (Å²) in [5, 5.41) is 8.63. The third-order valence-electron chi connectivity index (χ3n) is 3.03. The van der Waals surface area contributed by atoms with Gasteiger partial charge in [-0.15, -0.1) is 0 Å². The van der Waals surface area contributed by atoms with E-state index in [4.69, 9.17) is 9.84 Å². The maximum Gasteiger partial charge on any atom is 0.306 e. The normalized spacial score (nSPS) is 37.2. The first-order chi connectivity index (χ1) is 6.16. The average Bonchev–Trinajstić information content (AvgIpc) is 2.51. The fourth-order valence-corrected chi connectivity index (χ4v) is 2.44. The molecule has 1 aliphatic carbocycles. The van der Waals surface area contributed by atoms with Gasteiger partial charge >= 0.3 is 11.9 Å². The third-order valence-corrected chi connectivity index (χ3v) is 3.03. The van der Waals surface area contributed by atoms with Gasteiger partial charge in [-0.25, -0.2) is 0 Å². The molecule has 2 rings (SSSR count). The number of carbonyl (C=O) groups excluding carboxylic acids is 1. The number of rotatable bonds is 2. The van der Waals surface area contributed by atoms with Crippen LogP contribution in [0.5, 0.6) is 0 Å². The summed E-state index contributed by atoms with van der Waals surface area (Å²) in [6.45, 7) is 0. The minimum Gasteiger partial charge on any atom is -0.481 e. The first-order valence-corrected chi connectivity index (χ1v) is 4.58. The van der Waals surface area contributed by atoms with Crippen LogP contribution < -0.4 is 0 Å². The molecule has 0 aromatic rings. The summed E-state index contributed by atoms with van der Waals surface area (Å²) >= 11 is 0. The van der Waals surface area contributed by atoms with E-state index in [2.05, 4.69) is 0 Å². The topological polar surface area (TPSA) is 63.6 Å². The molecule has 0 aromatic carbocycles. The van der Waals surface area contributed by atoms with Crippen LogP contribution in [0, 0.1) is 11.8 Å². The Morgan fingerprint density at radius 1 is 1.54 bits per heavy atom. The molecule has 1 aliphatic heterocycles. The van der Waals surface area contributed by atoms with Crippen molar-refractivity contribution in [3.05, 3.63) is 0 Å². The lowest BCUT2D eigenvalue weighted by atomic mass is 9.91. The smallest absolute Gasteiger partial charge is 0.306 e. The molecule has 0 radical (unpaired) electrons. The van der Waals surface area contributed by atoms with Gasteiger partial charge in [-0.3, -0.25) is 9.59 Å². The van der Waals surface area contributed by atoms with Crippen LogP contribution in [0.4, 0.5) is 0 Å². The van der Waals surface area contributed by atoms with Crippen LogP contribution in [0.2, 0.25) is 0 Å². The molecule has 13 heavy (non-hydrogen) atoms. The van der Waals surface area contributed by atoms with Gasteiger partial charge in [-0.2, -0.15) is 0 Å². The fraction of sp³-hybridized carbons (Fsp3) is 0.778. The zero-order valence-corrected chi connectivity index (χ0v) is 7.23. The SMILES string of the molecule is O=C(O)C[C@H]1CC[C@@H]2OC(=O)C[C@H]12. The van der Waals surface area contributed by atoms with Gasteiger partial charge in [-0.05, 0) is 18.8 Å². The molecule has 4 heteroatoms. The number of hydrogen-bond donors (Lipinski definition) is 1. The summed E-state index contributed by atoms with van der Waals surface area (Å²) in [4.78, 5) is 21.4. The Morgan fingerprint density at radius 2 is 2.31 bits per heavy atom. The molecule has 1 saturated carbocycles. The quantitative estimate of drug-likeness (QED) is 0.645. The van der Waals surface area contributed by atoms with Crippen LogP contribution in [-0.2, 0) is 14.3 Å². The minimum absolute atomic E-state index is 0.0110. The van der Waals surface area contributed by atoms with E-state index in [0.29, 0.717) is 6.42 Å². The van der Waals surface area contributed by atoms with E-state index in [1.54, 1.807) is 0 Å². The predicted octanol–water partition coefficient (Wildman–Crippen LogP) is 0.803. The predicted molar refractivity (Wildman–Crippen MR) is 43.0 cm³/mol. The van der Waals surface area contributed by atoms with E-state index in [-0.39, 0.29) is 30.3 Å². The first kappa shape index (κ1) is 8.53. The van der Waals surface area contributed by atoms with E-state index in [0.717, 1.165) is 12.8 Å². The van der Waals surface area contributed by atoms with Crippen molar-refractivity contribution in [1.82, 2.24) is 0 Å². The van der Waals surface area contributed by atoms with E-state index in [1.807, 2.05) is 0 Å². The second kappa shape index (κ2) is 3.01. The second-order valence-electron chi connectivity index (χ2n) is 3.83. The minimum atomic E-state index is -0.773. The molecule has 1 saturated heterocycles.